The van der Waals surface area contributed by atoms with Gasteiger partial charge in [-0.2, -0.15) is 0 Å². The van der Waals surface area contributed by atoms with Gasteiger partial charge in [-0.15, -0.1) is 0 Å². The summed E-state index contributed by atoms with van der Waals surface area (Å²) in [4.78, 5) is 10.3. The zero-order valence-corrected chi connectivity index (χ0v) is 13.5. The molecule has 0 spiro atoms. The third-order valence-electron chi connectivity index (χ3n) is 3.45. The fourth-order valence-corrected chi connectivity index (χ4v) is 2.15. The van der Waals surface area contributed by atoms with Crippen LogP contribution in [0.1, 0.15) is 84.0 Å². The van der Waals surface area contributed by atoms with E-state index in [9.17, 15) is 9.90 Å². The van der Waals surface area contributed by atoms with Crippen molar-refractivity contribution in [3.8, 4) is 0 Å². The van der Waals surface area contributed by atoms with Crippen LogP contribution in [0.25, 0.3) is 0 Å². The molecule has 0 aliphatic heterocycles. The van der Waals surface area contributed by atoms with Crippen molar-refractivity contribution in [1.82, 2.24) is 0 Å². The smallest absolute Gasteiger partial charge is 0.303 e. The highest BCUT2D eigenvalue weighted by Gasteiger charge is 1.96. The summed E-state index contributed by atoms with van der Waals surface area (Å²) in [6.45, 7) is 2.16. The van der Waals surface area contributed by atoms with Crippen LogP contribution in [0, 0.1) is 0 Å². The molecule has 3 heteroatoms. The van der Waals surface area contributed by atoms with Crippen LogP contribution >= 0.6 is 0 Å². The molecule has 0 aliphatic carbocycles. The van der Waals surface area contributed by atoms with E-state index < -0.39 is 5.97 Å². The van der Waals surface area contributed by atoms with Crippen molar-refractivity contribution in [2.45, 2.75) is 84.0 Å². The van der Waals surface area contributed by atoms with Gasteiger partial charge in [0.1, 0.15) is 0 Å². The van der Waals surface area contributed by atoms with E-state index in [-0.39, 0.29) is 0 Å². The van der Waals surface area contributed by atoms with Crippen molar-refractivity contribution in [1.29, 1.82) is 0 Å². The van der Waals surface area contributed by atoms with Crippen LogP contribution in [0.5, 0.6) is 0 Å². The monoisotopic (exact) mass is 296 g/mol. The van der Waals surface area contributed by atoms with E-state index in [0.717, 1.165) is 51.4 Å². The summed E-state index contributed by atoms with van der Waals surface area (Å²) in [5.74, 6) is -0.171. The molecule has 0 amide bonds. The molecule has 0 radical (unpaired) electrons. The van der Waals surface area contributed by atoms with Crippen molar-refractivity contribution >= 4 is 5.97 Å². The molecule has 0 fully saturated rings. The van der Waals surface area contributed by atoms with Gasteiger partial charge < -0.3 is 10.2 Å². The number of aliphatic hydroxyl groups is 1. The molecule has 0 aromatic rings. The number of rotatable bonds is 14. The van der Waals surface area contributed by atoms with Crippen molar-refractivity contribution in [3.05, 3.63) is 24.0 Å². The third kappa shape index (κ3) is 16.7. The lowest BCUT2D eigenvalue weighted by molar-refractivity contribution is -0.137. The Bertz CT molecular complexity index is 306. The molecule has 122 valence electrons. The predicted molar refractivity (Wildman–Crippen MR) is 88.6 cm³/mol. The van der Waals surface area contributed by atoms with Gasteiger partial charge in [-0.3, -0.25) is 4.79 Å². The molecular formula is C18H32O3. The number of hydrogen-bond acceptors (Lipinski definition) is 2. The number of unbranched alkanes of at least 4 members (excludes halogenated alkanes) is 7. The lowest BCUT2D eigenvalue weighted by atomic mass is 10.1. The lowest BCUT2D eigenvalue weighted by Gasteiger charge is -1.99. The molecule has 21 heavy (non-hydrogen) atoms. The average molecular weight is 296 g/mol. The molecular weight excluding hydrogens is 264 g/mol. The van der Waals surface area contributed by atoms with Crippen LogP contribution in [-0.2, 0) is 4.79 Å². The molecule has 2 N–H and O–H groups in total. The summed E-state index contributed by atoms with van der Waals surface area (Å²) in [5.41, 5.74) is 0. The van der Waals surface area contributed by atoms with Gasteiger partial charge in [-0.05, 0) is 38.2 Å². The van der Waals surface area contributed by atoms with E-state index in [2.05, 4.69) is 19.1 Å². The molecule has 3 nitrogen and oxygen atoms in total. The van der Waals surface area contributed by atoms with Gasteiger partial charge in [0.25, 0.3) is 0 Å². The molecule has 0 atom stereocenters. The standard InChI is InChI=1S/C18H32O3/c1-2-3-11-14-17(19)15-12-9-7-5-4-6-8-10-13-16-18(20)21/h7,9,15,19H,2-6,8,10-14,16H2,1H3,(H,20,21). The SMILES string of the molecule is CCCCCC(O)=CCC=CCCCCCCCC(=O)O. The first kappa shape index (κ1) is 19.8. The molecule has 0 saturated heterocycles. The van der Waals surface area contributed by atoms with Crippen molar-refractivity contribution in [2.75, 3.05) is 0 Å². The minimum atomic E-state index is -0.691. The van der Waals surface area contributed by atoms with E-state index >= 15 is 0 Å². The molecule has 0 rings (SSSR count). The fraction of sp³-hybridized carbons (Fsp3) is 0.722. The summed E-state index contributed by atoms with van der Waals surface area (Å²) >= 11 is 0. The van der Waals surface area contributed by atoms with Gasteiger partial charge in [0.15, 0.2) is 0 Å². The number of allylic oxidation sites excluding steroid dienone is 4. The number of carboxylic acids is 1. The normalized spacial score (nSPS) is 12.1. The summed E-state index contributed by atoms with van der Waals surface area (Å²) in [6.07, 6.45) is 17.9. The minimum absolute atomic E-state index is 0.300. The zero-order chi connectivity index (χ0) is 15.8. The lowest BCUT2D eigenvalue weighted by Crippen LogP contribution is -1.93. The Morgan fingerprint density at radius 2 is 1.52 bits per heavy atom. The Morgan fingerprint density at radius 1 is 0.857 bits per heavy atom. The first-order chi connectivity index (χ1) is 10.2. The Kier molecular flexibility index (Phi) is 14.2. The first-order valence-corrected chi connectivity index (χ1v) is 8.41. The molecule has 0 bridgehead atoms. The molecule has 0 aromatic carbocycles. The average Bonchev–Trinajstić information content (AvgIpc) is 2.44. The van der Waals surface area contributed by atoms with E-state index in [1.165, 1.54) is 19.3 Å². The maximum atomic E-state index is 10.3. The molecule has 0 aromatic heterocycles. The minimum Gasteiger partial charge on any atom is -0.513 e. The predicted octanol–water partition coefficient (Wildman–Crippen LogP) is 5.77. The van der Waals surface area contributed by atoms with Gasteiger partial charge in [-0.25, -0.2) is 0 Å². The highest BCUT2D eigenvalue weighted by molar-refractivity contribution is 5.66. The van der Waals surface area contributed by atoms with Gasteiger partial charge in [0.05, 0.1) is 5.76 Å². The van der Waals surface area contributed by atoms with Crippen LogP contribution in [-0.4, -0.2) is 16.2 Å². The van der Waals surface area contributed by atoms with E-state index in [1.54, 1.807) is 0 Å². The first-order valence-electron chi connectivity index (χ1n) is 8.41. The van der Waals surface area contributed by atoms with Gasteiger partial charge >= 0.3 is 5.97 Å². The van der Waals surface area contributed by atoms with Crippen LogP contribution < -0.4 is 0 Å². The number of aliphatic carboxylic acids is 1. The quantitative estimate of drug-likeness (QED) is 0.243. The van der Waals surface area contributed by atoms with Crippen molar-refractivity contribution < 1.29 is 15.0 Å². The molecule has 0 heterocycles. The number of hydrogen-bond donors (Lipinski definition) is 2. The van der Waals surface area contributed by atoms with Crippen LogP contribution in [0.2, 0.25) is 0 Å². The number of carbonyl (C=O) groups is 1. The maximum Gasteiger partial charge on any atom is 0.303 e. The van der Waals surface area contributed by atoms with Crippen LogP contribution in [0.4, 0.5) is 0 Å². The zero-order valence-electron chi connectivity index (χ0n) is 13.5. The largest absolute Gasteiger partial charge is 0.513 e. The van der Waals surface area contributed by atoms with Gasteiger partial charge in [0, 0.05) is 12.8 Å². The van der Waals surface area contributed by atoms with Crippen molar-refractivity contribution in [3.63, 3.8) is 0 Å². The Balaban J connectivity index is 3.36. The Labute approximate surface area is 129 Å². The Hall–Kier alpha value is -1.25. The topological polar surface area (TPSA) is 57.5 Å². The highest BCUT2D eigenvalue weighted by Crippen LogP contribution is 2.09. The van der Waals surface area contributed by atoms with Crippen molar-refractivity contribution in [2.24, 2.45) is 0 Å². The Morgan fingerprint density at radius 3 is 2.24 bits per heavy atom. The second-order valence-corrected chi connectivity index (χ2v) is 5.56. The maximum absolute atomic E-state index is 10.3. The molecule has 0 saturated carbocycles. The highest BCUT2D eigenvalue weighted by atomic mass is 16.4. The summed E-state index contributed by atoms with van der Waals surface area (Å²) in [6, 6.07) is 0. The van der Waals surface area contributed by atoms with E-state index in [1.807, 2.05) is 6.08 Å². The van der Waals surface area contributed by atoms with Crippen LogP contribution in [0.15, 0.2) is 24.0 Å². The van der Waals surface area contributed by atoms with Gasteiger partial charge in [-0.1, -0.05) is 51.2 Å². The summed E-state index contributed by atoms with van der Waals surface area (Å²) in [5, 5.41) is 18.1. The van der Waals surface area contributed by atoms with Gasteiger partial charge in [0.2, 0.25) is 0 Å². The summed E-state index contributed by atoms with van der Waals surface area (Å²) < 4.78 is 0. The summed E-state index contributed by atoms with van der Waals surface area (Å²) in [7, 11) is 0. The molecule has 0 aliphatic rings. The number of aliphatic hydroxyl groups excluding tert-OH is 1. The van der Waals surface area contributed by atoms with E-state index in [4.69, 9.17) is 5.11 Å². The molecule has 0 unspecified atom stereocenters. The van der Waals surface area contributed by atoms with Crippen LogP contribution in [0.3, 0.4) is 0 Å². The second kappa shape index (κ2) is 15.1. The third-order valence-corrected chi connectivity index (χ3v) is 3.45. The number of carboxylic acid groups (broad SMARTS) is 1. The second-order valence-electron chi connectivity index (χ2n) is 5.56. The van der Waals surface area contributed by atoms with E-state index in [0.29, 0.717) is 12.2 Å². The fourth-order valence-electron chi connectivity index (χ4n) is 2.15.